The van der Waals surface area contributed by atoms with Gasteiger partial charge in [-0.1, -0.05) is 30.3 Å². The molecule has 126 valence electrons. The fraction of sp³-hybridized carbons (Fsp3) is 0.316. The largest absolute Gasteiger partial charge is 0.377 e. The molecule has 5 heteroatoms. The molecule has 2 aromatic carbocycles. The second-order valence-corrected chi connectivity index (χ2v) is 6.78. The summed E-state index contributed by atoms with van der Waals surface area (Å²) >= 11 is 1.64. The molecule has 1 fully saturated rings. The van der Waals surface area contributed by atoms with E-state index in [4.69, 9.17) is 4.74 Å². The molecule has 1 atom stereocenters. The van der Waals surface area contributed by atoms with Gasteiger partial charge in [0.25, 0.3) is 5.91 Å². The minimum Gasteiger partial charge on any atom is -0.377 e. The van der Waals surface area contributed by atoms with Crippen LogP contribution in [0.3, 0.4) is 0 Å². The molecule has 1 aliphatic rings. The van der Waals surface area contributed by atoms with Crippen molar-refractivity contribution in [1.82, 2.24) is 5.32 Å². The van der Waals surface area contributed by atoms with E-state index in [-0.39, 0.29) is 24.4 Å². The Morgan fingerprint density at radius 2 is 2.00 bits per heavy atom. The first-order valence-corrected chi connectivity index (χ1v) is 9.07. The van der Waals surface area contributed by atoms with E-state index >= 15 is 0 Å². The van der Waals surface area contributed by atoms with Crippen LogP contribution in [0.1, 0.15) is 28.8 Å². The summed E-state index contributed by atoms with van der Waals surface area (Å²) in [6, 6.07) is 14.0. The monoisotopic (exact) mass is 345 g/mol. The van der Waals surface area contributed by atoms with Crippen LogP contribution in [0, 0.1) is 5.82 Å². The van der Waals surface area contributed by atoms with Gasteiger partial charge >= 0.3 is 0 Å². The van der Waals surface area contributed by atoms with Crippen LogP contribution in [0.2, 0.25) is 0 Å². The van der Waals surface area contributed by atoms with Gasteiger partial charge in [0, 0.05) is 29.4 Å². The molecular weight excluding hydrogens is 325 g/mol. The summed E-state index contributed by atoms with van der Waals surface area (Å²) in [5.74, 6) is 0.352. The SMILES string of the molecule is O=C(NCc1ccccc1F)c1ccccc1SC[C@H]1CCCO1. The smallest absolute Gasteiger partial charge is 0.252 e. The van der Waals surface area contributed by atoms with Crippen molar-refractivity contribution in [3.05, 3.63) is 65.5 Å². The summed E-state index contributed by atoms with van der Waals surface area (Å²) in [6.07, 6.45) is 2.45. The van der Waals surface area contributed by atoms with Gasteiger partial charge in [-0.25, -0.2) is 4.39 Å². The average Bonchev–Trinajstić information content (AvgIpc) is 3.13. The maximum absolute atomic E-state index is 13.6. The number of halogens is 1. The molecule has 24 heavy (non-hydrogen) atoms. The first-order chi connectivity index (χ1) is 11.7. The van der Waals surface area contributed by atoms with Crippen molar-refractivity contribution in [3.63, 3.8) is 0 Å². The topological polar surface area (TPSA) is 38.3 Å². The minimum atomic E-state index is -0.307. The number of thioether (sulfide) groups is 1. The van der Waals surface area contributed by atoms with Crippen molar-refractivity contribution < 1.29 is 13.9 Å². The summed E-state index contributed by atoms with van der Waals surface area (Å²) in [6.45, 7) is 1.01. The second-order valence-electron chi connectivity index (χ2n) is 5.72. The average molecular weight is 345 g/mol. The zero-order valence-electron chi connectivity index (χ0n) is 13.3. The molecule has 0 unspecified atom stereocenters. The van der Waals surface area contributed by atoms with Crippen LogP contribution in [0.25, 0.3) is 0 Å². The van der Waals surface area contributed by atoms with Crippen LogP contribution < -0.4 is 5.32 Å². The van der Waals surface area contributed by atoms with E-state index in [0.717, 1.165) is 30.1 Å². The summed E-state index contributed by atoms with van der Waals surface area (Å²) in [7, 11) is 0. The van der Waals surface area contributed by atoms with E-state index in [1.165, 1.54) is 6.07 Å². The highest BCUT2D eigenvalue weighted by molar-refractivity contribution is 7.99. The van der Waals surface area contributed by atoms with Crippen molar-refractivity contribution in [2.45, 2.75) is 30.4 Å². The Morgan fingerprint density at radius 3 is 2.79 bits per heavy atom. The van der Waals surface area contributed by atoms with Gasteiger partial charge < -0.3 is 10.1 Å². The number of ether oxygens (including phenoxy) is 1. The van der Waals surface area contributed by atoms with Crippen LogP contribution in [0.4, 0.5) is 4.39 Å². The summed E-state index contributed by atoms with van der Waals surface area (Å²) < 4.78 is 19.3. The summed E-state index contributed by atoms with van der Waals surface area (Å²) in [4.78, 5) is 13.4. The lowest BCUT2D eigenvalue weighted by Gasteiger charge is -2.12. The number of hydrogen-bond donors (Lipinski definition) is 1. The van der Waals surface area contributed by atoms with Crippen molar-refractivity contribution in [2.24, 2.45) is 0 Å². The molecule has 0 radical (unpaired) electrons. The predicted octanol–water partition coefficient (Wildman–Crippen LogP) is 4.03. The molecular formula is C19H20FNO2S. The third-order valence-corrected chi connectivity index (χ3v) is 5.18. The van der Waals surface area contributed by atoms with Crippen LogP contribution >= 0.6 is 11.8 Å². The summed E-state index contributed by atoms with van der Waals surface area (Å²) in [5.41, 5.74) is 1.10. The van der Waals surface area contributed by atoms with Gasteiger partial charge in [0.15, 0.2) is 0 Å². The Morgan fingerprint density at radius 1 is 1.21 bits per heavy atom. The first-order valence-electron chi connectivity index (χ1n) is 8.09. The highest BCUT2D eigenvalue weighted by atomic mass is 32.2. The molecule has 0 saturated carbocycles. The quantitative estimate of drug-likeness (QED) is 0.804. The van der Waals surface area contributed by atoms with Crippen molar-refractivity contribution in [2.75, 3.05) is 12.4 Å². The lowest BCUT2D eigenvalue weighted by atomic mass is 10.2. The fourth-order valence-corrected chi connectivity index (χ4v) is 3.77. The zero-order valence-corrected chi connectivity index (χ0v) is 14.2. The highest BCUT2D eigenvalue weighted by Crippen LogP contribution is 2.26. The van der Waals surface area contributed by atoms with Gasteiger partial charge in [0.05, 0.1) is 11.7 Å². The molecule has 0 spiro atoms. The lowest BCUT2D eigenvalue weighted by molar-refractivity contribution is 0.0947. The van der Waals surface area contributed by atoms with Crippen LogP contribution in [-0.2, 0) is 11.3 Å². The predicted molar refractivity (Wildman–Crippen MR) is 93.7 cm³/mol. The second kappa shape index (κ2) is 8.31. The van der Waals surface area contributed by atoms with Gasteiger partial charge in [0.2, 0.25) is 0 Å². The molecule has 3 nitrogen and oxygen atoms in total. The van der Waals surface area contributed by atoms with E-state index in [2.05, 4.69) is 5.32 Å². The number of rotatable bonds is 6. The Hall–Kier alpha value is -1.85. The van der Waals surface area contributed by atoms with Gasteiger partial charge in [-0.05, 0) is 31.0 Å². The number of nitrogens with one attached hydrogen (secondary N) is 1. The Bertz CT molecular complexity index is 701. The van der Waals surface area contributed by atoms with Gasteiger partial charge in [0.1, 0.15) is 5.82 Å². The van der Waals surface area contributed by atoms with E-state index in [9.17, 15) is 9.18 Å². The number of benzene rings is 2. The number of carbonyl (C=O) groups is 1. The fourth-order valence-electron chi connectivity index (χ4n) is 2.65. The third-order valence-electron chi connectivity index (χ3n) is 3.98. The molecule has 0 bridgehead atoms. The van der Waals surface area contributed by atoms with Crippen LogP contribution in [0.5, 0.6) is 0 Å². The van der Waals surface area contributed by atoms with Crippen molar-refractivity contribution in [3.8, 4) is 0 Å². The van der Waals surface area contributed by atoms with Crippen molar-refractivity contribution >= 4 is 17.7 Å². The van der Waals surface area contributed by atoms with E-state index in [1.54, 1.807) is 36.0 Å². The van der Waals surface area contributed by atoms with E-state index < -0.39 is 0 Å². The molecule has 0 aromatic heterocycles. The summed E-state index contributed by atoms with van der Waals surface area (Å²) in [5, 5.41) is 2.80. The Balaban J connectivity index is 1.62. The van der Waals surface area contributed by atoms with Crippen LogP contribution in [-0.4, -0.2) is 24.4 Å². The van der Waals surface area contributed by atoms with Gasteiger partial charge in [-0.15, -0.1) is 11.8 Å². The van der Waals surface area contributed by atoms with E-state index in [0.29, 0.717) is 11.1 Å². The molecule has 1 heterocycles. The van der Waals surface area contributed by atoms with Crippen molar-refractivity contribution in [1.29, 1.82) is 0 Å². The standard InChI is InChI=1S/C19H20FNO2S/c20-17-9-3-1-6-14(17)12-21-19(22)16-8-2-4-10-18(16)24-13-15-7-5-11-23-15/h1-4,6,8-10,15H,5,7,11-13H2,(H,21,22)/t15-/m1/s1. The zero-order chi connectivity index (χ0) is 16.8. The molecule has 1 amide bonds. The third kappa shape index (κ3) is 4.36. The number of carbonyl (C=O) groups excluding carboxylic acids is 1. The molecule has 0 aliphatic carbocycles. The minimum absolute atomic E-state index is 0.177. The molecule has 2 aromatic rings. The maximum atomic E-state index is 13.6. The van der Waals surface area contributed by atoms with Gasteiger partial charge in [-0.2, -0.15) is 0 Å². The van der Waals surface area contributed by atoms with E-state index in [1.807, 2.05) is 18.2 Å². The lowest BCUT2D eigenvalue weighted by Crippen LogP contribution is -2.24. The first kappa shape index (κ1) is 17.0. The normalized spacial score (nSPS) is 17.0. The number of amides is 1. The van der Waals surface area contributed by atoms with Crippen LogP contribution in [0.15, 0.2) is 53.4 Å². The molecule has 1 saturated heterocycles. The maximum Gasteiger partial charge on any atom is 0.252 e. The molecule has 1 N–H and O–H groups in total. The Kier molecular flexibility index (Phi) is 5.88. The number of hydrogen-bond acceptors (Lipinski definition) is 3. The molecule has 1 aliphatic heterocycles. The van der Waals surface area contributed by atoms with Gasteiger partial charge in [-0.3, -0.25) is 4.79 Å². The highest BCUT2D eigenvalue weighted by Gasteiger charge is 2.18. The Labute approximate surface area is 145 Å². The molecule has 3 rings (SSSR count).